The Balaban J connectivity index is 1.82. The molecule has 2 heteroatoms. The van der Waals surface area contributed by atoms with E-state index in [4.69, 9.17) is 0 Å². The molecular weight excluding hydrogens is 352 g/mol. The average molecular weight is 372 g/mol. The van der Waals surface area contributed by atoms with Gasteiger partial charge in [0.15, 0.2) is 0 Å². The van der Waals surface area contributed by atoms with E-state index in [0.717, 1.165) is 0 Å². The first-order valence-electron chi connectivity index (χ1n) is 9.96. The molecule has 0 bridgehead atoms. The van der Waals surface area contributed by atoms with Crippen molar-refractivity contribution in [3.8, 4) is 22.4 Å². The number of aromatic nitrogens is 1. The van der Waals surface area contributed by atoms with Crippen LogP contribution in [0.5, 0.6) is 0 Å². The van der Waals surface area contributed by atoms with Crippen LogP contribution in [0.15, 0.2) is 103 Å². The van der Waals surface area contributed by atoms with E-state index in [9.17, 15) is 0 Å². The van der Waals surface area contributed by atoms with Crippen LogP contribution in [0.1, 0.15) is 0 Å². The van der Waals surface area contributed by atoms with Crippen LogP contribution in [0.4, 0.5) is 17.1 Å². The maximum atomic E-state index is 2.39. The SMILES string of the molecule is Cn1c2c(c3ccccc31)-c1ccccc1N(c1ccccc1)c1ccccc1-2. The third-order valence-electron chi connectivity index (χ3n) is 5.94. The van der Waals surface area contributed by atoms with E-state index in [-0.39, 0.29) is 0 Å². The first-order chi connectivity index (χ1) is 14.3. The van der Waals surface area contributed by atoms with Crippen LogP contribution in [-0.4, -0.2) is 4.57 Å². The van der Waals surface area contributed by atoms with E-state index in [1.807, 2.05) is 0 Å². The van der Waals surface area contributed by atoms with Gasteiger partial charge in [-0.15, -0.1) is 0 Å². The second kappa shape index (κ2) is 6.11. The van der Waals surface area contributed by atoms with Gasteiger partial charge in [-0.25, -0.2) is 0 Å². The van der Waals surface area contributed by atoms with Crippen molar-refractivity contribution in [2.24, 2.45) is 7.05 Å². The number of benzene rings is 4. The summed E-state index contributed by atoms with van der Waals surface area (Å²) in [6.07, 6.45) is 0. The first-order valence-corrected chi connectivity index (χ1v) is 9.96. The molecule has 0 fully saturated rings. The minimum atomic E-state index is 1.17. The highest BCUT2D eigenvalue weighted by Gasteiger charge is 2.29. The van der Waals surface area contributed by atoms with Crippen LogP contribution in [0.3, 0.4) is 0 Å². The van der Waals surface area contributed by atoms with Crippen molar-refractivity contribution in [2.45, 2.75) is 0 Å². The molecule has 1 aromatic heterocycles. The van der Waals surface area contributed by atoms with Crippen molar-refractivity contribution in [1.29, 1.82) is 0 Å². The quantitative estimate of drug-likeness (QED) is 0.294. The molecule has 0 atom stereocenters. The maximum absolute atomic E-state index is 2.39. The predicted octanol–water partition coefficient (Wildman–Crippen LogP) is 7.30. The molecule has 1 aliphatic rings. The summed E-state index contributed by atoms with van der Waals surface area (Å²) in [7, 11) is 2.18. The van der Waals surface area contributed by atoms with E-state index in [2.05, 4.69) is 120 Å². The van der Waals surface area contributed by atoms with Crippen molar-refractivity contribution in [3.05, 3.63) is 103 Å². The van der Waals surface area contributed by atoms with Gasteiger partial charge in [0.05, 0.1) is 17.1 Å². The summed E-state index contributed by atoms with van der Waals surface area (Å²) in [5, 5.41) is 1.29. The summed E-state index contributed by atoms with van der Waals surface area (Å²) in [6.45, 7) is 0. The molecule has 0 amide bonds. The topological polar surface area (TPSA) is 8.17 Å². The van der Waals surface area contributed by atoms with Crippen LogP contribution in [0, 0.1) is 0 Å². The minimum absolute atomic E-state index is 1.17. The number of rotatable bonds is 1. The third-order valence-corrected chi connectivity index (χ3v) is 5.94. The lowest BCUT2D eigenvalue weighted by Gasteiger charge is -2.27. The standard InChI is InChI=1S/C27H20N2/c1-28-23-16-8-5-13-20(23)26-21-14-6-9-17-24(21)29(19-11-3-2-4-12-19)25-18-10-7-15-22(25)27(26)28/h2-18H,1H3. The van der Waals surface area contributed by atoms with Crippen molar-refractivity contribution in [3.63, 3.8) is 0 Å². The smallest absolute Gasteiger partial charge is 0.0590 e. The zero-order valence-corrected chi connectivity index (χ0v) is 16.2. The largest absolute Gasteiger partial charge is 0.343 e. The summed E-state index contributed by atoms with van der Waals surface area (Å²) >= 11 is 0. The fourth-order valence-corrected chi connectivity index (χ4v) is 4.72. The van der Waals surface area contributed by atoms with E-state index in [0.29, 0.717) is 0 Å². The summed E-state index contributed by atoms with van der Waals surface area (Å²) in [4.78, 5) is 2.39. The van der Waals surface area contributed by atoms with Gasteiger partial charge >= 0.3 is 0 Å². The molecule has 2 heterocycles. The molecule has 1 aliphatic heterocycles. The average Bonchev–Trinajstić information content (AvgIpc) is 3.00. The Morgan fingerprint density at radius 2 is 1.14 bits per heavy atom. The zero-order chi connectivity index (χ0) is 19.4. The van der Waals surface area contributed by atoms with Gasteiger partial charge < -0.3 is 9.47 Å². The molecule has 0 aliphatic carbocycles. The Morgan fingerprint density at radius 1 is 0.552 bits per heavy atom. The number of anilines is 3. The van der Waals surface area contributed by atoms with Gasteiger partial charge in [0.1, 0.15) is 0 Å². The van der Waals surface area contributed by atoms with E-state index in [1.165, 1.54) is 50.3 Å². The van der Waals surface area contributed by atoms with E-state index >= 15 is 0 Å². The first kappa shape index (κ1) is 16.2. The van der Waals surface area contributed by atoms with Crippen LogP contribution >= 0.6 is 0 Å². The Hall–Kier alpha value is -3.78. The van der Waals surface area contributed by atoms with Gasteiger partial charge in [0.2, 0.25) is 0 Å². The molecule has 0 saturated heterocycles. The lowest BCUT2D eigenvalue weighted by atomic mass is 9.98. The van der Waals surface area contributed by atoms with Crippen molar-refractivity contribution < 1.29 is 0 Å². The number of hydrogen-bond donors (Lipinski definition) is 0. The van der Waals surface area contributed by atoms with Crippen LogP contribution < -0.4 is 4.90 Å². The summed E-state index contributed by atoms with van der Waals surface area (Å²) in [5.41, 5.74) is 9.94. The highest BCUT2D eigenvalue weighted by molar-refractivity contribution is 6.12. The molecule has 138 valence electrons. The monoisotopic (exact) mass is 372 g/mol. The van der Waals surface area contributed by atoms with Crippen LogP contribution in [0.25, 0.3) is 33.3 Å². The molecule has 5 aromatic rings. The zero-order valence-electron chi connectivity index (χ0n) is 16.2. The lowest BCUT2D eigenvalue weighted by molar-refractivity contribution is 0.979. The maximum Gasteiger partial charge on any atom is 0.0590 e. The van der Waals surface area contributed by atoms with Gasteiger partial charge in [-0.1, -0.05) is 72.8 Å². The van der Waals surface area contributed by atoms with Crippen molar-refractivity contribution >= 4 is 28.0 Å². The van der Waals surface area contributed by atoms with Gasteiger partial charge in [0, 0.05) is 40.3 Å². The van der Waals surface area contributed by atoms with Crippen LogP contribution in [-0.2, 0) is 7.05 Å². The van der Waals surface area contributed by atoms with E-state index < -0.39 is 0 Å². The molecule has 0 saturated carbocycles. The number of para-hydroxylation sites is 4. The molecule has 4 aromatic carbocycles. The molecule has 0 N–H and O–H groups in total. The number of nitrogens with zero attached hydrogens (tertiary/aromatic N) is 2. The molecule has 6 rings (SSSR count). The molecule has 29 heavy (non-hydrogen) atoms. The Kier molecular flexibility index (Phi) is 3.41. The summed E-state index contributed by atoms with van der Waals surface area (Å²) < 4.78 is 2.34. The normalized spacial score (nSPS) is 12.2. The fraction of sp³-hybridized carbons (Fsp3) is 0.0370. The third kappa shape index (κ3) is 2.23. The predicted molar refractivity (Wildman–Crippen MR) is 122 cm³/mol. The number of aryl methyl sites for hydroxylation is 1. The van der Waals surface area contributed by atoms with Gasteiger partial charge in [-0.05, 0) is 30.3 Å². The Bertz CT molecular complexity index is 1360. The van der Waals surface area contributed by atoms with Crippen LogP contribution in [0.2, 0.25) is 0 Å². The van der Waals surface area contributed by atoms with Gasteiger partial charge in [0.25, 0.3) is 0 Å². The Morgan fingerprint density at radius 3 is 1.93 bits per heavy atom. The molecule has 0 radical (unpaired) electrons. The lowest BCUT2D eigenvalue weighted by Crippen LogP contribution is -2.10. The number of fused-ring (bicyclic) bond motifs is 7. The second-order valence-corrected chi connectivity index (χ2v) is 7.51. The number of hydrogen-bond acceptors (Lipinski definition) is 1. The summed E-state index contributed by atoms with van der Waals surface area (Å²) in [6, 6.07) is 36.9. The van der Waals surface area contributed by atoms with Gasteiger partial charge in [-0.3, -0.25) is 0 Å². The second-order valence-electron chi connectivity index (χ2n) is 7.51. The molecule has 2 nitrogen and oxygen atoms in total. The highest BCUT2D eigenvalue weighted by Crippen LogP contribution is 2.53. The molecule has 0 unspecified atom stereocenters. The van der Waals surface area contributed by atoms with E-state index in [1.54, 1.807) is 0 Å². The summed E-state index contributed by atoms with van der Waals surface area (Å²) in [5.74, 6) is 0. The minimum Gasteiger partial charge on any atom is -0.343 e. The van der Waals surface area contributed by atoms with Gasteiger partial charge in [-0.2, -0.15) is 0 Å². The van der Waals surface area contributed by atoms with Crippen molar-refractivity contribution in [1.82, 2.24) is 4.57 Å². The highest BCUT2D eigenvalue weighted by atomic mass is 15.2. The molecular formula is C27H20N2. The molecule has 0 spiro atoms. The Labute approximate surface area is 170 Å². The fourth-order valence-electron chi connectivity index (χ4n) is 4.72. The van der Waals surface area contributed by atoms with Crippen molar-refractivity contribution in [2.75, 3.05) is 4.90 Å².